The fourth-order valence-corrected chi connectivity index (χ4v) is 6.17. The fraction of sp³-hybridized carbons (Fsp3) is 0.795. The molecule has 4 heteroatoms. The van der Waals surface area contributed by atoms with Crippen LogP contribution in [0.5, 0.6) is 0 Å². The predicted octanol–water partition coefficient (Wildman–Crippen LogP) is 12.8. The number of carbonyl (C=O) groups excluding carboxylic acids is 1. The van der Waals surface area contributed by atoms with Crippen LogP contribution >= 0.6 is 0 Å². The van der Waals surface area contributed by atoms with Crippen LogP contribution in [0, 0.1) is 0 Å². The van der Waals surface area contributed by atoms with Gasteiger partial charge < -0.3 is 15.5 Å². The van der Waals surface area contributed by atoms with E-state index < -0.39 is 12.1 Å². The van der Waals surface area contributed by atoms with Crippen molar-refractivity contribution in [3.8, 4) is 0 Å². The molecule has 0 aromatic heterocycles. The molecule has 0 aromatic carbocycles. The van der Waals surface area contributed by atoms with Gasteiger partial charge in [-0.2, -0.15) is 0 Å². The summed E-state index contributed by atoms with van der Waals surface area (Å²) in [4.78, 5) is 12.3. The molecule has 0 aliphatic carbocycles. The van der Waals surface area contributed by atoms with E-state index in [2.05, 4.69) is 67.8 Å². The summed E-state index contributed by atoms with van der Waals surface area (Å²) >= 11 is 0. The first kappa shape index (κ1) is 46.4. The van der Waals surface area contributed by atoms with Gasteiger partial charge in [-0.15, -0.1) is 0 Å². The number of rotatable bonds is 37. The summed E-state index contributed by atoms with van der Waals surface area (Å²) in [6.07, 6.45) is 53.7. The van der Waals surface area contributed by atoms with Crippen molar-refractivity contribution in [1.82, 2.24) is 5.32 Å². The molecule has 0 aliphatic heterocycles. The van der Waals surface area contributed by atoms with Crippen LogP contribution < -0.4 is 5.32 Å². The highest BCUT2D eigenvalue weighted by Gasteiger charge is 2.19. The lowest BCUT2D eigenvalue weighted by Crippen LogP contribution is -2.45. The van der Waals surface area contributed by atoms with Crippen molar-refractivity contribution in [1.29, 1.82) is 0 Å². The minimum Gasteiger partial charge on any atom is -0.394 e. The zero-order valence-corrected chi connectivity index (χ0v) is 32.0. The molecule has 0 fully saturated rings. The van der Waals surface area contributed by atoms with Crippen LogP contribution in [0.1, 0.15) is 206 Å². The van der Waals surface area contributed by atoms with E-state index in [4.69, 9.17) is 0 Å². The molecule has 0 spiro atoms. The lowest BCUT2D eigenvalue weighted by atomic mass is 10.0. The maximum Gasteiger partial charge on any atom is 0.220 e. The first-order chi connectivity index (χ1) is 23.7. The molecule has 3 N–H and O–H groups in total. The van der Waals surface area contributed by atoms with Crippen molar-refractivity contribution in [3.05, 3.63) is 48.6 Å². The van der Waals surface area contributed by atoms with Gasteiger partial charge in [-0.05, 0) is 51.4 Å². The summed E-state index contributed by atoms with van der Waals surface area (Å²) < 4.78 is 0. The molecule has 0 rings (SSSR count). The van der Waals surface area contributed by atoms with Gasteiger partial charge in [0.1, 0.15) is 0 Å². The Morgan fingerprint density at radius 3 is 1.38 bits per heavy atom. The second-order valence-electron chi connectivity index (χ2n) is 14.0. The van der Waals surface area contributed by atoms with Crippen molar-refractivity contribution < 1.29 is 15.0 Å². The average molecular weight is 672 g/mol. The highest BCUT2D eigenvalue weighted by molar-refractivity contribution is 5.76. The summed E-state index contributed by atoms with van der Waals surface area (Å²) in [6, 6.07) is -0.531. The summed E-state index contributed by atoms with van der Waals surface area (Å²) in [7, 11) is 0. The quantitative estimate of drug-likeness (QED) is 0.0455. The Labute approximate surface area is 299 Å². The summed E-state index contributed by atoms with van der Waals surface area (Å²) in [5, 5.41) is 22.8. The van der Waals surface area contributed by atoms with Gasteiger partial charge in [0.05, 0.1) is 18.8 Å². The molecule has 280 valence electrons. The minimum atomic E-state index is -0.654. The van der Waals surface area contributed by atoms with E-state index >= 15 is 0 Å². The fourth-order valence-electron chi connectivity index (χ4n) is 6.17. The molecule has 0 bridgehead atoms. The predicted molar refractivity (Wildman–Crippen MR) is 211 cm³/mol. The maximum absolute atomic E-state index is 12.3. The van der Waals surface area contributed by atoms with E-state index in [-0.39, 0.29) is 12.5 Å². The Morgan fingerprint density at radius 2 is 0.917 bits per heavy atom. The van der Waals surface area contributed by atoms with Crippen LogP contribution in [-0.2, 0) is 4.79 Å². The molecule has 0 saturated carbocycles. The van der Waals surface area contributed by atoms with E-state index in [1.165, 1.54) is 128 Å². The Morgan fingerprint density at radius 1 is 0.521 bits per heavy atom. The Balaban J connectivity index is 3.38. The van der Waals surface area contributed by atoms with Crippen molar-refractivity contribution >= 4 is 5.91 Å². The van der Waals surface area contributed by atoms with Gasteiger partial charge in [0.25, 0.3) is 0 Å². The van der Waals surface area contributed by atoms with Gasteiger partial charge >= 0.3 is 0 Å². The van der Waals surface area contributed by atoms with Crippen molar-refractivity contribution in [2.75, 3.05) is 6.61 Å². The van der Waals surface area contributed by atoms with Crippen LogP contribution in [0.4, 0.5) is 0 Å². The number of carbonyl (C=O) groups is 1. The second kappa shape index (κ2) is 39.8. The highest BCUT2D eigenvalue weighted by Crippen LogP contribution is 2.15. The van der Waals surface area contributed by atoms with E-state index in [0.717, 1.165) is 51.4 Å². The number of unbranched alkanes of at least 4 members (excludes halogenated alkanes) is 22. The first-order valence-electron chi connectivity index (χ1n) is 20.8. The normalized spacial score (nSPS) is 13.5. The minimum absolute atomic E-state index is 0.0386. The standard InChI is InChI=1S/C44H81NO3/c1-3-5-7-9-10-11-12-13-14-15-16-17-18-19-20-21-22-23-24-25-26-27-28-29-30-31-32-33-34-36-38-40-44(48)45-42(41-46)43(47)39-37-35-8-6-4-2/h5,7,10-11,13-14,16-17,42-43,46-47H,3-4,6,8-9,12,15,18-41H2,1-2H3,(H,45,48)/b7-5-,11-10-,14-13-,17-16-. The molecule has 4 nitrogen and oxygen atoms in total. The number of allylic oxidation sites excluding steroid dienone is 8. The van der Waals surface area contributed by atoms with E-state index in [9.17, 15) is 15.0 Å². The monoisotopic (exact) mass is 672 g/mol. The van der Waals surface area contributed by atoms with Gasteiger partial charge in [0.2, 0.25) is 5.91 Å². The van der Waals surface area contributed by atoms with Gasteiger partial charge in [-0.25, -0.2) is 0 Å². The first-order valence-corrected chi connectivity index (χ1v) is 20.8. The number of hydrogen-bond acceptors (Lipinski definition) is 3. The molecule has 0 radical (unpaired) electrons. The SMILES string of the molecule is CC/C=C\C/C=C\C/C=C\C/C=C\CCCCCCCCCCCCCCCCCCCCC(=O)NC(CO)C(O)CCCCCCC. The second-order valence-corrected chi connectivity index (χ2v) is 14.0. The largest absolute Gasteiger partial charge is 0.394 e. The van der Waals surface area contributed by atoms with Gasteiger partial charge in [-0.1, -0.05) is 197 Å². The number of aliphatic hydroxyl groups is 2. The molecular weight excluding hydrogens is 590 g/mol. The molecular formula is C44H81NO3. The third kappa shape index (κ3) is 35.7. The van der Waals surface area contributed by atoms with Crippen LogP contribution in [0.2, 0.25) is 0 Å². The highest BCUT2D eigenvalue weighted by atomic mass is 16.3. The molecule has 0 saturated heterocycles. The van der Waals surface area contributed by atoms with Gasteiger partial charge in [-0.3, -0.25) is 4.79 Å². The summed E-state index contributed by atoms with van der Waals surface area (Å²) in [5.74, 6) is -0.0386. The summed E-state index contributed by atoms with van der Waals surface area (Å²) in [5.41, 5.74) is 0. The molecule has 2 atom stereocenters. The number of nitrogens with one attached hydrogen (secondary N) is 1. The third-order valence-electron chi connectivity index (χ3n) is 9.35. The smallest absolute Gasteiger partial charge is 0.220 e. The maximum atomic E-state index is 12.3. The Bertz CT molecular complexity index is 771. The van der Waals surface area contributed by atoms with Crippen molar-refractivity contribution in [3.63, 3.8) is 0 Å². The van der Waals surface area contributed by atoms with Crippen LogP contribution in [-0.4, -0.2) is 34.9 Å². The number of hydrogen-bond donors (Lipinski definition) is 3. The zero-order valence-electron chi connectivity index (χ0n) is 32.0. The topological polar surface area (TPSA) is 69.6 Å². The van der Waals surface area contributed by atoms with E-state index in [1.54, 1.807) is 0 Å². The van der Waals surface area contributed by atoms with Gasteiger partial charge in [0.15, 0.2) is 0 Å². The van der Waals surface area contributed by atoms with Crippen LogP contribution in [0.25, 0.3) is 0 Å². The van der Waals surface area contributed by atoms with E-state index in [0.29, 0.717) is 12.8 Å². The Kier molecular flexibility index (Phi) is 38.4. The molecule has 0 aliphatic rings. The van der Waals surface area contributed by atoms with Crippen molar-refractivity contribution in [2.24, 2.45) is 0 Å². The van der Waals surface area contributed by atoms with Gasteiger partial charge in [0, 0.05) is 6.42 Å². The lowest BCUT2D eigenvalue weighted by Gasteiger charge is -2.22. The Hall–Kier alpha value is -1.65. The molecule has 1 amide bonds. The molecule has 48 heavy (non-hydrogen) atoms. The molecule has 0 heterocycles. The lowest BCUT2D eigenvalue weighted by molar-refractivity contribution is -0.123. The average Bonchev–Trinajstić information content (AvgIpc) is 3.09. The zero-order chi connectivity index (χ0) is 35.0. The van der Waals surface area contributed by atoms with Crippen LogP contribution in [0.15, 0.2) is 48.6 Å². The molecule has 2 unspecified atom stereocenters. The number of amides is 1. The van der Waals surface area contributed by atoms with Crippen molar-refractivity contribution in [2.45, 2.75) is 219 Å². The van der Waals surface area contributed by atoms with Crippen LogP contribution in [0.3, 0.4) is 0 Å². The number of aliphatic hydroxyl groups excluding tert-OH is 2. The molecule has 0 aromatic rings. The van der Waals surface area contributed by atoms with E-state index in [1.807, 2.05) is 0 Å². The summed E-state index contributed by atoms with van der Waals surface area (Å²) in [6.45, 7) is 4.16. The third-order valence-corrected chi connectivity index (χ3v) is 9.35.